The number of hydrogen-bond acceptors (Lipinski definition) is 0. The molecule has 0 saturated heterocycles. The van der Waals surface area contributed by atoms with E-state index in [2.05, 4.69) is 47.4 Å². The second-order valence-electron chi connectivity index (χ2n) is 6.11. The molecule has 0 N–H and O–H groups in total. The van der Waals surface area contributed by atoms with E-state index in [1.54, 1.807) is 0 Å². The van der Waals surface area contributed by atoms with Crippen molar-refractivity contribution in [3.05, 3.63) is 36.5 Å². The molecule has 0 spiro atoms. The van der Waals surface area contributed by atoms with Gasteiger partial charge in [-0.3, -0.25) is 0 Å². The van der Waals surface area contributed by atoms with E-state index in [-0.39, 0.29) is 0 Å². The van der Waals surface area contributed by atoms with Crippen molar-refractivity contribution in [1.29, 1.82) is 0 Å². The van der Waals surface area contributed by atoms with Crippen LogP contribution in [0.5, 0.6) is 0 Å². The molecule has 0 aromatic heterocycles. The Balaban J connectivity index is -0.000000179. The Kier molecular flexibility index (Phi) is 13.8. The minimum absolute atomic E-state index is 0.422. The summed E-state index contributed by atoms with van der Waals surface area (Å²) in [5.74, 6) is 0. The van der Waals surface area contributed by atoms with Gasteiger partial charge in [-0.05, 0) is 46.5 Å². The quantitative estimate of drug-likeness (QED) is 0.468. The van der Waals surface area contributed by atoms with Gasteiger partial charge in [-0.25, -0.2) is 0 Å². The van der Waals surface area contributed by atoms with Crippen LogP contribution in [0.3, 0.4) is 0 Å². The Morgan fingerprint density at radius 3 is 0.938 bits per heavy atom. The first-order valence-electron chi connectivity index (χ1n) is 5.77. The molecule has 0 fully saturated rings. The summed E-state index contributed by atoms with van der Waals surface area (Å²) in [4.78, 5) is 0. The lowest BCUT2D eigenvalue weighted by Crippen LogP contribution is -2.03. The summed E-state index contributed by atoms with van der Waals surface area (Å²) in [5, 5.41) is 0. The van der Waals surface area contributed by atoms with Crippen LogP contribution < -0.4 is 0 Å². The van der Waals surface area contributed by atoms with Crippen molar-refractivity contribution < 1.29 is 0 Å². The maximum atomic E-state index is 3.84. The van der Waals surface area contributed by atoms with Crippen molar-refractivity contribution in [2.45, 2.75) is 61.8 Å². The molecule has 0 saturated carbocycles. The minimum atomic E-state index is 0.422. The summed E-state index contributed by atoms with van der Waals surface area (Å²) in [7, 11) is 0. The van der Waals surface area contributed by atoms with Gasteiger partial charge in [0, 0.05) is 0 Å². The fraction of sp³-hybridized carbons (Fsp3) is 0.625. The first kappa shape index (κ1) is 20.6. The Morgan fingerprint density at radius 1 is 0.750 bits per heavy atom. The smallest absolute Gasteiger partial charge is 0.0277 e. The van der Waals surface area contributed by atoms with Crippen LogP contribution in [0.15, 0.2) is 36.5 Å². The number of allylic oxidation sites excluding steroid dienone is 3. The minimum Gasteiger partial charge on any atom is -0.100 e. The number of rotatable bonds is 1. The summed E-state index contributed by atoms with van der Waals surface area (Å²) in [6.07, 6.45) is 1.13. The maximum absolute atomic E-state index is 3.84. The van der Waals surface area contributed by atoms with Crippen LogP contribution in [0.25, 0.3) is 0 Å². The van der Waals surface area contributed by atoms with E-state index in [4.69, 9.17) is 0 Å². The third-order valence-electron chi connectivity index (χ3n) is 0.832. The van der Waals surface area contributed by atoms with Crippen LogP contribution in [0.1, 0.15) is 61.8 Å². The van der Waals surface area contributed by atoms with E-state index >= 15 is 0 Å². The molecule has 0 aliphatic heterocycles. The van der Waals surface area contributed by atoms with Gasteiger partial charge >= 0.3 is 0 Å². The molecule has 0 aliphatic rings. The van der Waals surface area contributed by atoms with Crippen LogP contribution in [0.2, 0.25) is 0 Å². The van der Waals surface area contributed by atoms with Gasteiger partial charge in [0.1, 0.15) is 0 Å². The largest absolute Gasteiger partial charge is 0.100 e. The predicted octanol–water partition coefficient (Wildman–Crippen LogP) is 6.16. The van der Waals surface area contributed by atoms with Gasteiger partial charge in [0.05, 0.1) is 0 Å². The second kappa shape index (κ2) is 10.7. The normalized spacial score (nSPS) is 9.00. The van der Waals surface area contributed by atoms with Gasteiger partial charge in [0.25, 0.3) is 0 Å². The van der Waals surface area contributed by atoms with Crippen molar-refractivity contribution >= 4 is 0 Å². The molecule has 0 unspecified atom stereocenters. The molecule has 0 bridgehead atoms. The van der Waals surface area contributed by atoms with Crippen LogP contribution in [0, 0.1) is 5.41 Å². The monoisotopic (exact) mass is 224 g/mol. The maximum Gasteiger partial charge on any atom is -0.0277 e. The Hall–Kier alpha value is -0.780. The molecule has 0 nitrogen and oxygen atoms in total. The van der Waals surface area contributed by atoms with Crippen LogP contribution in [0.4, 0.5) is 0 Å². The summed E-state index contributed by atoms with van der Waals surface area (Å²) in [6.45, 7) is 27.6. The summed E-state index contributed by atoms with van der Waals surface area (Å²) in [6, 6.07) is 0. The molecular weight excluding hydrogens is 192 g/mol. The van der Waals surface area contributed by atoms with Crippen molar-refractivity contribution in [2.75, 3.05) is 0 Å². The molecule has 0 aromatic rings. The molecule has 0 aromatic carbocycles. The highest BCUT2D eigenvalue weighted by molar-refractivity contribution is 4.92. The molecule has 0 atom stereocenters. The summed E-state index contributed by atoms with van der Waals surface area (Å²) >= 11 is 0. The molecule has 0 rings (SSSR count). The highest BCUT2D eigenvalue weighted by Gasteiger charge is 2.08. The fourth-order valence-electron chi connectivity index (χ4n) is 0.905. The molecule has 96 valence electrons. The zero-order chi connectivity index (χ0) is 13.9. The molecule has 0 amide bonds. The van der Waals surface area contributed by atoms with Crippen molar-refractivity contribution in [1.82, 2.24) is 0 Å². The fourth-order valence-corrected chi connectivity index (χ4v) is 0.905. The predicted molar refractivity (Wildman–Crippen MR) is 79.9 cm³/mol. The van der Waals surface area contributed by atoms with Crippen molar-refractivity contribution in [2.24, 2.45) is 5.41 Å². The first-order chi connectivity index (χ1) is 6.88. The Bertz CT molecular complexity index is 191. The molecule has 0 heteroatoms. The van der Waals surface area contributed by atoms with Gasteiger partial charge in [-0.15, -0.1) is 19.7 Å². The van der Waals surface area contributed by atoms with E-state index in [1.165, 1.54) is 16.7 Å². The van der Waals surface area contributed by atoms with Gasteiger partial charge in [-0.2, -0.15) is 0 Å². The van der Waals surface area contributed by atoms with Crippen LogP contribution >= 0.6 is 0 Å². The molecular formula is C16H32. The van der Waals surface area contributed by atoms with Gasteiger partial charge in [-0.1, -0.05) is 37.5 Å². The highest BCUT2D eigenvalue weighted by atomic mass is 14.1. The topological polar surface area (TPSA) is 0 Å². The lowest BCUT2D eigenvalue weighted by atomic mass is 9.89. The highest BCUT2D eigenvalue weighted by Crippen LogP contribution is 2.22. The standard InChI is InChI=1S/C8H16.2C4H8/c1-7(2)6-8(3,4)5;2*1-4(2)3/h1,6H2,2-5H3;2*1H2,2-3H3. The first-order valence-corrected chi connectivity index (χ1v) is 5.77. The second-order valence-corrected chi connectivity index (χ2v) is 6.11. The van der Waals surface area contributed by atoms with Gasteiger partial charge < -0.3 is 0 Å². The van der Waals surface area contributed by atoms with E-state index < -0.39 is 0 Å². The third kappa shape index (κ3) is 111. The third-order valence-corrected chi connectivity index (χ3v) is 0.832. The Morgan fingerprint density at radius 2 is 0.938 bits per heavy atom. The SMILES string of the molecule is C=C(C)C.C=C(C)C.C=C(C)CC(C)(C)C. The van der Waals surface area contributed by atoms with Gasteiger partial charge in [0.15, 0.2) is 0 Å². The zero-order valence-electron chi connectivity index (χ0n) is 12.8. The summed E-state index contributed by atoms with van der Waals surface area (Å²) in [5.41, 5.74) is 4.03. The van der Waals surface area contributed by atoms with Crippen molar-refractivity contribution in [3.8, 4) is 0 Å². The molecule has 0 heterocycles. The number of hydrogen-bond donors (Lipinski definition) is 0. The Labute approximate surface area is 104 Å². The van der Waals surface area contributed by atoms with E-state index in [0.717, 1.165) is 6.42 Å². The average molecular weight is 224 g/mol. The van der Waals surface area contributed by atoms with Gasteiger partial charge in [0.2, 0.25) is 0 Å². The lowest BCUT2D eigenvalue weighted by molar-refractivity contribution is 0.410. The molecule has 0 radical (unpaired) electrons. The van der Waals surface area contributed by atoms with Crippen LogP contribution in [-0.4, -0.2) is 0 Å². The summed E-state index contributed by atoms with van der Waals surface area (Å²) < 4.78 is 0. The lowest BCUT2D eigenvalue weighted by Gasteiger charge is -2.17. The zero-order valence-corrected chi connectivity index (χ0v) is 12.8. The molecule has 16 heavy (non-hydrogen) atoms. The molecule has 0 aliphatic carbocycles. The average Bonchev–Trinajstić information content (AvgIpc) is 1.74. The van der Waals surface area contributed by atoms with E-state index in [9.17, 15) is 0 Å². The van der Waals surface area contributed by atoms with Crippen molar-refractivity contribution in [3.63, 3.8) is 0 Å². The van der Waals surface area contributed by atoms with Crippen LogP contribution in [-0.2, 0) is 0 Å². The van der Waals surface area contributed by atoms with E-state index in [0.29, 0.717) is 5.41 Å². The van der Waals surface area contributed by atoms with E-state index in [1.807, 2.05) is 27.7 Å².